The lowest BCUT2D eigenvalue weighted by atomic mass is 9.88. The molecule has 5 N–H and O–H groups in total. The zero-order chi connectivity index (χ0) is 11.1. The molecule has 0 aromatic carbocycles. The number of carboxylic acid groups (broad SMARTS) is 1. The molecule has 0 unspecified atom stereocenters. The highest BCUT2D eigenvalue weighted by Gasteiger charge is 2.55. The minimum absolute atomic E-state index is 0.998. The van der Waals surface area contributed by atoms with Crippen molar-refractivity contribution >= 4 is 5.97 Å². The Kier molecular flexibility index (Phi) is 2.79. The van der Waals surface area contributed by atoms with Gasteiger partial charge in [0, 0.05) is 0 Å². The largest absolute Gasteiger partial charge is 0.479 e. The molecule has 0 radical (unpaired) electrons. The molecule has 0 saturated carbocycles. The number of hydrogen-bond acceptors (Lipinski definition) is 6. The van der Waals surface area contributed by atoms with Crippen LogP contribution >= 0.6 is 0 Å². The molecule has 0 aromatic heterocycles. The van der Waals surface area contributed by atoms with Crippen LogP contribution in [0.5, 0.6) is 0 Å². The molecule has 82 valence electrons. The molecule has 14 heavy (non-hydrogen) atoms. The molecule has 0 aliphatic carbocycles. The fourth-order valence-corrected chi connectivity index (χ4v) is 1.25. The normalized spacial score (nSPS) is 48.9. The standard InChI is InChI=1S/C7H12O7/c1-7(6(12)13)4(10)2(8)3(9)5(11)14-7/h2-5,8-11H,1H3,(H,12,13)/t2-,3+,4-,5+,7+/m0/s1. The van der Waals surface area contributed by atoms with Crippen LogP contribution in [-0.4, -0.2) is 61.7 Å². The van der Waals surface area contributed by atoms with E-state index in [0.29, 0.717) is 0 Å². The summed E-state index contributed by atoms with van der Waals surface area (Å²) in [6.07, 6.45) is -7.13. The maximum atomic E-state index is 10.7. The number of hydrogen-bond donors (Lipinski definition) is 5. The average molecular weight is 208 g/mol. The van der Waals surface area contributed by atoms with E-state index in [1.165, 1.54) is 0 Å². The van der Waals surface area contributed by atoms with Crippen molar-refractivity contribution < 1.29 is 35.1 Å². The van der Waals surface area contributed by atoms with E-state index >= 15 is 0 Å². The second kappa shape index (κ2) is 3.44. The van der Waals surface area contributed by atoms with Gasteiger partial charge in [0.15, 0.2) is 11.9 Å². The van der Waals surface area contributed by atoms with Gasteiger partial charge in [0.2, 0.25) is 0 Å². The number of rotatable bonds is 1. The van der Waals surface area contributed by atoms with Crippen molar-refractivity contribution in [2.24, 2.45) is 0 Å². The average Bonchev–Trinajstić information content (AvgIpc) is 2.11. The fourth-order valence-electron chi connectivity index (χ4n) is 1.25. The highest BCUT2D eigenvalue weighted by Crippen LogP contribution is 2.28. The van der Waals surface area contributed by atoms with Gasteiger partial charge in [-0.25, -0.2) is 4.79 Å². The molecule has 1 fully saturated rings. The van der Waals surface area contributed by atoms with E-state index < -0.39 is 36.2 Å². The van der Waals surface area contributed by atoms with Gasteiger partial charge < -0.3 is 30.3 Å². The smallest absolute Gasteiger partial charge is 0.338 e. The van der Waals surface area contributed by atoms with Gasteiger partial charge in [-0.15, -0.1) is 0 Å². The number of aliphatic hydroxyl groups is 4. The number of carboxylic acids is 1. The van der Waals surface area contributed by atoms with Crippen molar-refractivity contribution in [3.05, 3.63) is 0 Å². The predicted octanol–water partition coefficient (Wildman–Crippen LogP) is -2.74. The molecule has 7 nitrogen and oxygen atoms in total. The van der Waals surface area contributed by atoms with Crippen LogP contribution in [0, 0.1) is 0 Å². The van der Waals surface area contributed by atoms with Crippen LogP contribution in [0.2, 0.25) is 0 Å². The zero-order valence-electron chi connectivity index (χ0n) is 7.36. The first-order chi connectivity index (χ1) is 6.30. The van der Waals surface area contributed by atoms with E-state index in [0.717, 1.165) is 6.92 Å². The van der Waals surface area contributed by atoms with E-state index in [1.54, 1.807) is 0 Å². The Hall–Kier alpha value is -0.730. The summed E-state index contributed by atoms with van der Waals surface area (Å²) in [6, 6.07) is 0. The molecule has 7 heteroatoms. The van der Waals surface area contributed by atoms with Crippen LogP contribution < -0.4 is 0 Å². The van der Waals surface area contributed by atoms with E-state index in [-0.39, 0.29) is 0 Å². The molecule has 5 atom stereocenters. The number of carbonyl (C=O) groups is 1. The molecule has 0 bridgehead atoms. The van der Waals surface area contributed by atoms with Crippen LogP contribution in [0.1, 0.15) is 6.92 Å². The van der Waals surface area contributed by atoms with Gasteiger partial charge in [0.05, 0.1) is 0 Å². The molecule has 0 aromatic rings. The topological polar surface area (TPSA) is 127 Å². The molecule has 1 saturated heterocycles. The van der Waals surface area contributed by atoms with Crippen molar-refractivity contribution in [2.45, 2.75) is 37.1 Å². The van der Waals surface area contributed by atoms with Crippen LogP contribution in [0.3, 0.4) is 0 Å². The molecule has 1 heterocycles. The summed E-state index contributed by atoms with van der Waals surface area (Å²) in [5.41, 5.74) is -2.13. The minimum Gasteiger partial charge on any atom is -0.479 e. The second-order valence-corrected chi connectivity index (χ2v) is 3.35. The van der Waals surface area contributed by atoms with Crippen LogP contribution in [-0.2, 0) is 9.53 Å². The summed E-state index contributed by atoms with van der Waals surface area (Å²) in [6.45, 7) is 0.998. The minimum atomic E-state index is -2.13. The second-order valence-electron chi connectivity index (χ2n) is 3.35. The van der Waals surface area contributed by atoms with Gasteiger partial charge in [0.25, 0.3) is 0 Å². The summed E-state index contributed by atoms with van der Waals surface area (Å²) in [5.74, 6) is -1.53. The highest BCUT2D eigenvalue weighted by atomic mass is 16.7. The monoisotopic (exact) mass is 208 g/mol. The third-order valence-electron chi connectivity index (χ3n) is 2.32. The van der Waals surface area contributed by atoms with Crippen molar-refractivity contribution in [1.29, 1.82) is 0 Å². The Morgan fingerprint density at radius 2 is 1.71 bits per heavy atom. The van der Waals surface area contributed by atoms with Crippen molar-refractivity contribution in [3.63, 3.8) is 0 Å². The Labute approximate surface area is 79.2 Å². The lowest BCUT2D eigenvalue weighted by Crippen LogP contribution is -2.66. The lowest BCUT2D eigenvalue weighted by Gasteiger charge is -2.42. The van der Waals surface area contributed by atoms with Gasteiger partial charge in [-0.3, -0.25) is 0 Å². The zero-order valence-corrected chi connectivity index (χ0v) is 7.36. The van der Waals surface area contributed by atoms with Gasteiger partial charge in [-0.2, -0.15) is 0 Å². The molecule has 1 aliphatic heterocycles. The Morgan fingerprint density at radius 3 is 2.14 bits per heavy atom. The van der Waals surface area contributed by atoms with Crippen LogP contribution in [0.15, 0.2) is 0 Å². The quantitative estimate of drug-likeness (QED) is 0.316. The van der Waals surface area contributed by atoms with Crippen molar-refractivity contribution in [2.75, 3.05) is 0 Å². The summed E-state index contributed by atoms with van der Waals surface area (Å²) in [4.78, 5) is 10.7. The maximum absolute atomic E-state index is 10.7. The summed E-state index contributed by atoms with van der Waals surface area (Å²) >= 11 is 0. The Balaban J connectivity index is 2.96. The van der Waals surface area contributed by atoms with Gasteiger partial charge in [-0.1, -0.05) is 0 Å². The van der Waals surface area contributed by atoms with Gasteiger partial charge in [-0.05, 0) is 6.92 Å². The third-order valence-corrected chi connectivity index (χ3v) is 2.32. The van der Waals surface area contributed by atoms with Crippen molar-refractivity contribution in [1.82, 2.24) is 0 Å². The summed E-state index contributed by atoms with van der Waals surface area (Å²) in [7, 11) is 0. The molecule has 1 rings (SSSR count). The maximum Gasteiger partial charge on any atom is 0.338 e. The fraction of sp³-hybridized carbons (Fsp3) is 0.857. The van der Waals surface area contributed by atoms with E-state index in [4.69, 9.17) is 15.3 Å². The van der Waals surface area contributed by atoms with Gasteiger partial charge in [0.1, 0.15) is 18.3 Å². The molecular weight excluding hydrogens is 196 g/mol. The molecule has 0 spiro atoms. The van der Waals surface area contributed by atoms with E-state index in [1.807, 2.05) is 0 Å². The first-order valence-corrected chi connectivity index (χ1v) is 3.94. The summed E-state index contributed by atoms with van der Waals surface area (Å²) < 4.78 is 4.53. The number of aliphatic carboxylic acids is 1. The molecule has 1 aliphatic rings. The first-order valence-electron chi connectivity index (χ1n) is 3.94. The van der Waals surface area contributed by atoms with E-state index in [2.05, 4.69) is 4.74 Å². The third kappa shape index (κ3) is 1.49. The van der Waals surface area contributed by atoms with Gasteiger partial charge >= 0.3 is 5.97 Å². The Morgan fingerprint density at radius 1 is 1.21 bits per heavy atom. The molecular formula is C7H12O7. The number of ether oxygens (including phenoxy) is 1. The van der Waals surface area contributed by atoms with Crippen LogP contribution in [0.4, 0.5) is 0 Å². The lowest BCUT2D eigenvalue weighted by molar-refractivity contribution is -0.310. The highest BCUT2D eigenvalue weighted by molar-refractivity contribution is 5.78. The Bertz CT molecular complexity index is 242. The van der Waals surface area contributed by atoms with Crippen LogP contribution in [0.25, 0.3) is 0 Å². The number of aliphatic hydroxyl groups excluding tert-OH is 4. The first kappa shape index (κ1) is 11.3. The summed E-state index contributed by atoms with van der Waals surface area (Å²) in [5, 5.41) is 45.3. The predicted molar refractivity (Wildman–Crippen MR) is 41.2 cm³/mol. The molecule has 0 amide bonds. The van der Waals surface area contributed by atoms with Crippen molar-refractivity contribution in [3.8, 4) is 0 Å². The van der Waals surface area contributed by atoms with E-state index in [9.17, 15) is 15.0 Å². The SMILES string of the molecule is C[C@@]1(C(=O)O)O[C@@H](O)[C@H](O)[C@H](O)[C@@H]1O.